The lowest BCUT2D eigenvalue weighted by molar-refractivity contribution is -0.146. The fourth-order valence-corrected chi connectivity index (χ4v) is 6.46. The highest BCUT2D eigenvalue weighted by atomic mass is 31.2. The number of nitrogens with one attached hydrogen (secondary N) is 2. The van der Waals surface area contributed by atoms with E-state index in [-0.39, 0.29) is 42.0 Å². The van der Waals surface area contributed by atoms with Gasteiger partial charge in [-0.05, 0) is 32.6 Å². The molecule has 6 N–H and O–H groups in total. The number of aromatic nitrogens is 4. The van der Waals surface area contributed by atoms with Gasteiger partial charge in [-0.25, -0.2) is 15.2 Å². The first-order chi connectivity index (χ1) is 20.6. The molecule has 1 aliphatic heterocycles. The summed E-state index contributed by atoms with van der Waals surface area (Å²) in [5.74, 6) is -3.13. The van der Waals surface area contributed by atoms with Crippen LogP contribution in [0.15, 0.2) is 17.8 Å². The highest BCUT2D eigenvalue weighted by molar-refractivity contribution is 7.54. The summed E-state index contributed by atoms with van der Waals surface area (Å²) in [6.45, 7) is 10.9. The minimum Gasteiger partial charge on any atom is -0.506 e. The van der Waals surface area contributed by atoms with Crippen LogP contribution in [0.2, 0.25) is 0 Å². The van der Waals surface area contributed by atoms with E-state index in [1.54, 1.807) is 41.5 Å². The highest BCUT2D eigenvalue weighted by Gasteiger charge is 2.49. The van der Waals surface area contributed by atoms with Crippen molar-refractivity contribution in [2.75, 3.05) is 32.7 Å². The maximum atomic E-state index is 14.3. The Bertz CT molecular complexity index is 1390. The second-order valence-electron chi connectivity index (χ2n) is 10.8. The topological polar surface area (TPSA) is 232 Å². The zero-order valence-electron chi connectivity index (χ0n) is 26.1. The van der Waals surface area contributed by atoms with Gasteiger partial charge in [-0.2, -0.15) is 9.97 Å². The van der Waals surface area contributed by atoms with Crippen molar-refractivity contribution in [3.8, 4) is 5.88 Å². The van der Waals surface area contributed by atoms with Crippen molar-refractivity contribution in [3.05, 3.63) is 17.8 Å². The van der Waals surface area contributed by atoms with Gasteiger partial charge in [-0.15, -0.1) is 0 Å². The summed E-state index contributed by atoms with van der Waals surface area (Å²) in [4.78, 5) is 37.8. The van der Waals surface area contributed by atoms with Crippen molar-refractivity contribution in [2.45, 2.75) is 72.4 Å². The largest absolute Gasteiger partial charge is 0.506 e. The van der Waals surface area contributed by atoms with Crippen molar-refractivity contribution in [2.24, 2.45) is 11.8 Å². The van der Waals surface area contributed by atoms with E-state index in [0.29, 0.717) is 0 Å². The SMILES string of the molecule is CCOC(=O)[C@@H](NP(=O)(N[C@@H](C(=O)OCC)C(C)C)OCC1=C(O)C(C)(O)[C@H](n2cnc3c(OC)nc(N)nc32)O1)C(C)C. The first kappa shape index (κ1) is 35.0. The van der Waals surface area contributed by atoms with Crippen molar-refractivity contribution >= 4 is 36.7 Å². The maximum absolute atomic E-state index is 14.3. The van der Waals surface area contributed by atoms with Gasteiger partial charge in [0.25, 0.3) is 0 Å². The summed E-state index contributed by atoms with van der Waals surface area (Å²) >= 11 is 0. The number of esters is 2. The van der Waals surface area contributed by atoms with Crippen LogP contribution in [0.4, 0.5) is 5.95 Å². The minimum atomic E-state index is -4.33. The van der Waals surface area contributed by atoms with Gasteiger partial charge in [-0.3, -0.25) is 23.2 Å². The number of hydrogen-bond donors (Lipinski definition) is 5. The Kier molecular flexibility index (Phi) is 11.2. The summed E-state index contributed by atoms with van der Waals surface area (Å²) < 4.78 is 42.8. The average molecular weight is 644 g/mol. The first-order valence-corrected chi connectivity index (χ1v) is 15.7. The molecular formula is C26H42N7O10P. The van der Waals surface area contributed by atoms with Crippen molar-refractivity contribution in [1.82, 2.24) is 29.7 Å². The number of aliphatic hydroxyl groups is 2. The smallest absolute Gasteiger partial charge is 0.342 e. The van der Waals surface area contributed by atoms with E-state index in [1.165, 1.54) is 24.9 Å². The number of nitrogens with zero attached hydrogens (tertiary/aromatic N) is 4. The van der Waals surface area contributed by atoms with Crippen LogP contribution in [0, 0.1) is 11.8 Å². The number of fused-ring (bicyclic) bond motifs is 1. The Morgan fingerprint density at radius 1 is 1.11 bits per heavy atom. The lowest BCUT2D eigenvalue weighted by Crippen LogP contribution is -2.48. The van der Waals surface area contributed by atoms with Crippen molar-refractivity contribution < 1.29 is 47.8 Å². The molecule has 3 rings (SSSR count). The summed E-state index contributed by atoms with van der Waals surface area (Å²) in [5.41, 5.74) is 4.14. The number of hydrogen-bond acceptors (Lipinski definition) is 14. The zero-order valence-corrected chi connectivity index (χ0v) is 27.0. The maximum Gasteiger partial charge on any atom is 0.342 e. The quantitative estimate of drug-likeness (QED) is 0.138. The molecule has 44 heavy (non-hydrogen) atoms. The van der Waals surface area contributed by atoms with E-state index < -0.39 is 67.7 Å². The molecular weight excluding hydrogens is 601 g/mol. The van der Waals surface area contributed by atoms with Crippen LogP contribution < -0.4 is 20.6 Å². The van der Waals surface area contributed by atoms with E-state index in [2.05, 4.69) is 25.1 Å². The lowest BCUT2D eigenvalue weighted by Gasteiger charge is -2.31. The van der Waals surface area contributed by atoms with Gasteiger partial charge in [0.05, 0.1) is 20.3 Å². The minimum absolute atomic E-state index is 0.0796. The standard InChI is InChI=1S/C26H42N7O10P/c1-9-40-22(35)16(13(3)4)31-44(38,32-17(14(5)6)23(36)41-10-2)42-11-15-19(34)26(7,37)24(43-15)33-12-28-18-20(33)29-25(27)30-21(18)39-8/h12-14,16-17,24,34,37H,9-11H2,1-8H3,(H2,27,29,30)(H2,31,32,38)/t16-,17+,24-,26?,44?/m1/s1. The van der Waals surface area contributed by atoms with Crippen molar-refractivity contribution in [3.63, 3.8) is 0 Å². The molecule has 1 aliphatic rings. The van der Waals surface area contributed by atoms with E-state index in [1.807, 2.05) is 0 Å². The monoisotopic (exact) mass is 643 g/mol. The molecule has 2 unspecified atom stereocenters. The predicted molar refractivity (Wildman–Crippen MR) is 157 cm³/mol. The van der Waals surface area contributed by atoms with Crippen molar-refractivity contribution in [1.29, 1.82) is 0 Å². The molecule has 0 amide bonds. The summed E-state index contributed by atoms with van der Waals surface area (Å²) in [5, 5.41) is 27.7. The fourth-order valence-electron chi connectivity index (χ4n) is 4.39. The Morgan fingerprint density at radius 2 is 1.66 bits per heavy atom. The third-order valence-electron chi connectivity index (χ3n) is 6.74. The predicted octanol–water partition coefficient (Wildman–Crippen LogP) is 1.95. The molecule has 17 nitrogen and oxygen atoms in total. The van der Waals surface area contributed by atoms with Crippen LogP contribution in [0.25, 0.3) is 11.2 Å². The first-order valence-electron chi connectivity index (χ1n) is 14.1. The van der Waals surface area contributed by atoms with Gasteiger partial charge in [0.1, 0.15) is 25.0 Å². The third kappa shape index (κ3) is 7.41. The number of ether oxygens (including phenoxy) is 4. The molecule has 0 aliphatic carbocycles. The van der Waals surface area contributed by atoms with Crippen LogP contribution >= 0.6 is 7.67 Å². The average Bonchev–Trinajstić information content (AvgIpc) is 3.46. The fraction of sp³-hybridized carbons (Fsp3) is 0.654. The van der Waals surface area contributed by atoms with Gasteiger partial charge in [0.2, 0.25) is 18.1 Å². The van der Waals surface area contributed by atoms with Crippen LogP contribution in [-0.4, -0.2) is 86.3 Å². The molecule has 3 heterocycles. The van der Waals surface area contributed by atoms with E-state index in [0.717, 1.165) is 0 Å². The number of anilines is 1. The Hall–Kier alpha value is -3.50. The number of rotatable bonds is 15. The van der Waals surface area contributed by atoms with Gasteiger partial charge >= 0.3 is 19.6 Å². The Morgan fingerprint density at radius 3 is 2.14 bits per heavy atom. The van der Waals surface area contributed by atoms with Gasteiger partial charge in [0, 0.05) is 0 Å². The van der Waals surface area contributed by atoms with Gasteiger partial charge < -0.3 is 34.9 Å². The van der Waals surface area contributed by atoms with Gasteiger partial charge in [-0.1, -0.05) is 27.7 Å². The lowest BCUT2D eigenvalue weighted by atomic mass is 10.0. The molecule has 0 saturated carbocycles. The molecule has 0 spiro atoms. The molecule has 5 atom stereocenters. The van der Waals surface area contributed by atoms with Crippen LogP contribution in [-0.2, 0) is 32.9 Å². The Balaban J connectivity index is 1.95. The third-order valence-corrected chi connectivity index (χ3v) is 8.47. The molecule has 0 radical (unpaired) electrons. The number of imidazole rings is 1. The highest BCUT2D eigenvalue weighted by Crippen LogP contribution is 2.46. The zero-order chi connectivity index (χ0) is 33.0. The number of carbonyl (C=O) groups is 2. The molecule has 2 aromatic heterocycles. The van der Waals surface area contributed by atoms with E-state index >= 15 is 0 Å². The summed E-state index contributed by atoms with van der Waals surface area (Å²) in [6.07, 6.45) is -0.0266. The number of nitrogens with two attached hydrogens (primary N) is 1. The second kappa shape index (κ2) is 14.1. The summed E-state index contributed by atoms with van der Waals surface area (Å²) in [6, 6.07) is -2.22. The number of carbonyl (C=O) groups excluding carboxylic acids is 2. The molecule has 0 bridgehead atoms. The number of methoxy groups -OCH3 is 1. The van der Waals surface area contributed by atoms with Crippen LogP contribution in [0.1, 0.15) is 54.7 Å². The molecule has 0 fully saturated rings. The van der Waals surface area contributed by atoms with Crippen LogP contribution in [0.3, 0.4) is 0 Å². The molecule has 18 heteroatoms. The number of nitrogen functional groups attached to an aromatic ring is 1. The second-order valence-corrected chi connectivity index (χ2v) is 12.7. The normalized spacial score (nSPS) is 21.3. The molecule has 2 aromatic rings. The van der Waals surface area contributed by atoms with Gasteiger partial charge in [0.15, 0.2) is 28.3 Å². The number of aliphatic hydroxyl groups excluding tert-OH is 1. The van der Waals surface area contributed by atoms with E-state index in [4.69, 9.17) is 29.2 Å². The molecule has 246 valence electrons. The van der Waals surface area contributed by atoms with Crippen LogP contribution in [0.5, 0.6) is 5.88 Å². The Labute approximate surface area is 255 Å². The van der Waals surface area contributed by atoms with E-state index in [9.17, 15) is 24.4 Å². The summed E-state index contributed by atoms with van der Waals surface area (Å²) in [7, 11) is -2.95. The molecule has 0 saturated heterocycles. The molecule has 0 aromatic carbocycles.